The first-order chi connectivity index (χ1) is 5.90. The molecule has 2 heteroatoms. The van der Waals surface area contributed by atoms with Gasteiger partial charge in [-0.05, 0) is 43.4 Å². The molecule has 0 aromatic heterocycles. The minimum absolute atomic E-state index is 0.662. The first-order valence-corrected chi connectivity index (χ1v) is 4.72. The smallest absolute Gasteiger partial charge is 0.0329 e. The highest BCUT2D eigenvalue weighted by atomic mass is 14.9. The van der Waals surface area contributed by atoms with E-state index in [4.69, 9.17) is 5.73 Å². The zero-order valence-corrected chi connectivity index (χ0v) is 7.34. The number of nitrogens with two attached hydrogens (primary N) is 1. The molecule has 0 bridgehead atoms. The molecule has 0 aromatic rings. The van der Waals surface area contributed by atoms with Crippen molar-refractivity contribution in [3.63, 3.8) is 0 Å². The Bertz CT molecular complexity index is 228. The van der Waals surface area contributed by atoms with Gasteiger partial charge in [0, 0.05) is 12.2 Å². The van der Waals surface area contributed by atoms with Crippen molar-refractivity contribution in [3.05, 3.63) is 23.4 Å². The van der Waals surface area contributed by atoms with Gasteiger partial charge in [-0.15, -0.1) is 0 Å². The highest BCUT2D eigenvalue weighted by Gasteiger charge is 2.18. The molecular formula is C10H16N2. The molecule has 0 saturated heterocycles. The third-order valence-electron chi connectivity index (χ3n) is 2.73. The average Bonchev–Trinajstić information content (AvgIpc) is 2.17. The van der Waals surface area contributed by atoms with E-state index in [1.165, 1.54) is 25.0 Å². The molecule has 1 atom stereocenters. The Labute approximate surface area is 73.5 Å². The standard InChI is InChI=1S/C10H16N2/c11-6-8-5-9-3-1-2-4-10(9)12-7-8/h2,4,8,12H,1,3,5-7,11H2. The van der Waals surface area contributed by atoms with Gasteiger partial charge in [0.2, 0.25) is 0 Å². The van der Waals surface area contributed by atoms with Gasteiger partial charge in [-0.2, -0.15) is 0 Å². The fourth-order valence-electron chi connectivity index (χ4n) is 1.95. The van der Waals surface area contributed by atoms with Gasteiger partial charge >= 0.3 is 0 Å². The third-order valence-corrected chi connectivity index (χ3v) is 2.73. The molecule has 0 radical (unpaired) electrons. The number of nitrogens with one attached hydrogen (secondary N) is 1. The SMILES string of the molecule is NCC1CNC2=C(CCC=C2)C1. The second kappa shape index (κ2) is 3.31. The van der Waals surface area contributed by atoms with Gasteiger partial charge in [0.25, 0.3) is 0 Å². The van der Waals surface area contributed by atoms with E-state index in [0.29, 0.717) is 5.92 Å². The fraction of sp³-hybridized carbons (Fsp3) is 0.600. The summed E-state index contributed by atoms with van der Waals surface area (Å²) in [6.45, 7) is 1.87. The van der Waals surface area contributed by atoms with Crippen LogP contribution in [0.4, 0.5) is 0 Å². The number of hydrogen-bond acceptors (Lipinski definition) is 2. The third kappa shape index (κ3) is 1.39. The Morgan fingerprint density at radius 1 is 1.58 bits per heavy atom. The first-order valence-electron chi connectivity index (χ1n) is 4.72. The van der Waals surface area contributed by atoms with Crippen molar-refractivity contribution in [2.75, 3.05) is 13.1 Å². The molecule has 0 aromatic carbocycles. The molecule has 2 nitrogen and oxygen atoms in total. The summed E-state index contributed by atoms with van der Waals surface area (Å²) >= 11 is 0. The van der Waals surface area contributed by atoms with Crippen LogP contribution in [0.3, 0.4) is 0 Å². The Morgan fingerprint density at radius 3 is 3.33 bits per heavy atom. The topological polar surface area (TPSA) is 38.0 Å². The van der Waals surface area contributed by atoms with E-state index >= 15 is 0 Å². The number of rotatable bonds is 1. The van der Waals surface area contributed by atoms with Gasteiger partial charge in [0.15, 0.2) is 0 Å². The second-order valence-electron chi connectivity index (χ2n) is 3.65. The first kappa shape index (κ1) is 7.87. The molecule has 0 saturated carbocycles. The predicted molar refractivity (Wildman–Crippen MR) is 50.6 cm³/mol. The van der Waals surface area contributed by atoms with Crippen molar-refractivity contribution in [2.45, 2.75) is 19.3 Å². The molecule has 66 valence electrons. The van der Waals surface area contributed by atoms with Gasteiger partial charge in [0.1, 0.15) is 0 Å². The minimum atomic E-state index is 0.662. The minimum Gasteiger partial charge on any atom is -0.385 e. The van der Waals surface area contributed by atoms with E-state index < -0.39 is 0 Å². The van der Waals surface area contributed by atoms with Gasteiger partial charge in [-0.25, -0.2) is 0 Å². The summed E-state index contributed by atoms with van der Waals surface area (Å²) in [5.74, 6) is 0.662. The quantitative estimate of drug-likeness (QED) is 0.610. The van der Waals surface area contributed by atoms with Crippen LogP contribution in [0.15, 0.2) is 23.4 Å². The van der Waals surface area contributed by atoms with Crippen LogP contribution < -0.4 is 11.1 Å². The summed E-state index contributed by atoms with van der Waals surface area (Å²) in [4.78, 5) is 0. The fourth-order valence-corrected chi connectivity index (χ4v) is 1.95. The van der Waals surface area contributed by atoms with E-state index in [-0.39, 0.29) is 0 Å². The lowest BCUT2D eigenvalue weighted by atomic mass is 9.89. The second-order valence-corrected chi connectivity index (χ2v) is 3.65. The Kier molecular flexibility index (Phi) is 2.17. The van der Waals surface area contributed by atoms with Crippen LogP contribution in [-0.4, -0.2) is 13.1 Å². The van der Waals surface area contributed by atoms with Crippen LogP contribution in [0.25, 0.3) is 0 Å². The van der Waals surface area contributed by atoms with Crippen LogP contribution in [-0.2, 0) is 0 Å². The molecular weight excluding hydrogens is 148 g/mol. The van der Waals surface area contributed by atoms with Crippen LogP contribution in [0.5, 0.6) is 0 Å². The molecule has 12 heavy (non-hydrogen) atoms. The molecule has 1 aliphatic heterocycles. The van der Waals surface area contributed by atoms with Crippen molar-refractivity contribution in [1.29, 1.82) is 0 Å². The maximum Gasteiger partial charge on any atom is 0.0329 e. The lowest BCUT2D eigenvalue weighted by molar-refractivity contribution is 0.467. The summed E-state index contributed by atoms with van der Waals surface area (Å²) < 4.78 is 0. The highest BCUT2D eigenvalue weighted by Crippen LogP contribution is 2.26. The molecule has 1 unspecified atom stereocenters. The van der Waals surface area contributed by atoms with Gasteiger partial charge in [-0.1, -0.05) is 6.08 Å². The summed E-state index contributed by atoms with van der Waals surface area (Å²) in [7, 11) is 0. The predicted octanol–water partition coefficient (Wildman–Crippen LogP) is 1.16. The molecule has 0 spiro atoms. The Balaban J connectivity index is 2.11. The van der Waals surface area contributed by atoms with Crippen LogP contribution >= 0.6 is 0 Å². The van der Waals surface area contributed by atoms with Crippen molar-refractivity contribution >= 4 is 0 Å². The zero-order valence-electron chi connectivity index (χ0n) is 7.34. The van der Waals surface area contributed by atoms with Gasteiger partial charge in [-0.3, -0.25) is 0 Å². The highest BCUT2D eigenvalue weighted by molar-refractivity contribution is 5.30. The largest absolute Gasteiger partial charge is 0.385 e. The van der Waals surface area contributed by atoms with Crippen molar-refractivity contribution in [1.82, 2.24) is 5.32 Å². The summed E-state index contributed by atoms with van der Waals surface area (Å²) in [5, 5.41) is 3.43. The van der Waals surface area contributed by atoms with Crippen molar-refractivity contribution < 1.29 is 0 Å². The summed E-state index contributed by atoms with van der Waals surface area (Å²) in [6.07, 6.45) is 8.11. The van der Waals surface area contributed by atoms with E-state index in [9.17, 15) is 0 Å². The Morgan fingerprint density at radius 2 is 2.50 bits per heavy atom. The molecule has 0 amide bonds. The number of allylic oxidation sites excluding steroid dienone is 3. The normalized spacial score (nSPS) is 28.2. The lowest BCUT2D eigenvalue weighted by Gasteiger charge is -2.28. The lowest BCUT2D eigenvalue weighted by Crippen LogP contribution is -2.33. The monoisotopic (exact) mass is 164 g/mol. The van der Waals surface area contributed by atoms with E-state index in [1.54, 1.807) is 5.57 Å². The maximum atomic E-state index is 5.64. The summed E-state index contributed by atoms with van der Waals surface area (Å²) in [6, 6.07) is 0. The maximum absolute atomic E-state index is 5.64. The Hall–Kier alpha value is -0.760. The molecule has 1 heterocycles. The van der Waals surface area contributed by atoms with Crippen molar-refractivity contribution in [3.8, 4) is 0 Å². The zero-order chi connectivity index (χ0) is 8.39. The van der Waals surface area contributed by atoms with Gasteiger partial charge in [0.05, 0.1) is 0 Å². The van der Waals surface area contributed by atoms with E-state index in [2.05, 4.69) is 17.5 Å². The van der Waals surface area contributed by atoms with Crippen LogP contribution in [0.2, 0.25) is 0 Å². The van der Waals surface area contributed by atoms with Gasteiger partial charge < -0.3 is 11.1 Å². The van der Waals surface area contributed by atoms with Crippen molar-refractivity contribution in [2.24, 2.45) is 11.7 Å². The molecule has 1 aliphatic carbocycles. The average molecular weight is 164 g/mol. The number of hydrogen-bond donors (Lipinski definition) is 2. The molecule has 2 rings (SSSR count). The van der Waals surface area contributed by atoms with Crippen LogP contribution in [0.1, 0.15) is 19.3 Å². The molecule has 2 aliphatic rings. The van der Waals surface area contributed by atoms with E-state index in [1.807, 2.05) is 0 Å². The van der Waals surface area contributed by atoms with E-state index in [0.717, 1.165) is 13.1 Å². The molecule has 0 fully saturated rings. The molecule has 3 N–H and O–H groups in total. The van der Waals surface area contributed by atoms with Crippen LogP contribution in [0, 0.1) is 5.92 Å². The summed E-state index contributed by atoms with van der Waals surface area (Å²) in [5.41, 5.74) is 8.59.